The second-order valence-electron chi connectivity index (χ2n) is 5.03. The molecule has 0 radical (unpaired) electrons. The Morgan fingerprint density at radius 3 is 2.55 bits per heavy atom. The molecule has 0 aliphatic carbocycles. The normalized spacial score (nSPS) is 11.5. The van der Waals surface area contributed by atoms with Crippen molar-refractivity contribution >= 4 is 11.8 Å². The van der Waals surface area contributed by atoms with Crippen molar-refractivity contribution in [3.63, 3.8) is 0 Å². The molecule has 20 heavy (non-hydrogen) atoms. The molecule has 0 heterocycles. The van der Waals surface area contributed by atoms with Crippen LogP contribution in [-0.2, 0) is 0 Å². The van der Waals surface area contributed by atoms with E-state index >= 15 is 0 Å². The summed E-state index contributed by atoms with van der Waals surface area (Å²) in [5.74, 6) is -0.0598. The number of allylic oxidation sites excluding steroid dienone is 3. The Labute approximate surface area is 120 Å². The molecule has 1 aromatic carbocycles. The van der Waals surface area contributed by atoms with Crippen LogP contribution in [0.4, 0.5) is 4.39 Å². The summed E-state index contributed by atoms with van der Waals surface area (Å²) in [5, 5.41) is 7.24. The van der Waals surface area contributed by atoms with Crippen LogP contribution in [0.5, 0.6) is 0 Å². The molecule has 3 heteroatoms. The smallest absolute Gasteiger partial charge is 0.123 e. The Bertz CT molecular complexity index is 568. The van der Waals surface area contributed by atoms with Crippen LogP contribution >= 0.6 is 0 Å². The van der Waals surface area contributed by atoms with Gasteiger partial charge in [-0.3, -0.25) is 0 Å². The van der Waals surface area contributed by atoms with Crippen LogP contribution in [0.25, 0.3) is 5.57 Å². The summed E-state index contributed by atoms with van der Waals surface area (Å²) in [6, 6.07) is 4.69. The van der Waals surface area contributed by atoms with Gasteiger partial charge in [0.2, 0.25) is 0 Å². The molecule has 1 aromatic rings. The summed E-state index contributed by atoms with van der Waals surface area (Å²) >= 11 is 0. The molecule has 0 aromatic heterocycles. The summed E-state index contributed by atoms with van der Waals surface area (Å²) < 4.78 is 13.4. The molecule has 0 atom stereocenters. The standard InChI is InChI=1S/C17H21FN2/c1-11(2)17-8-15(18)5-6-16(17)13(4)12(3)7-14(9-19)10-20/h5-6,8-11,19H,3-4,7,20H2,1-2H3/b14-10-,19-9?. The zero-order chi connectivity index (χ0) is 15.3. The van der Waals surface area contributed by atoms with Crippen LogP contribution in [0.1, 0.15) is 37.3 Å². The van der Waals surface area contributed by atoms with E-state index in [1.165, 1.54) is 24.5 Å². The van der Waals surface area contributed by atoms with E-state index in [0.717, 1.165) is 22.3 Å². The van der Waals surface area contributed by atoms with Crippen molar-refractivity contribution < 1.29 is 4.39 Å². The molecule has 0 aliphatic heterocycles. The van der Waals surface area contributed by atoms with Crippen LogP contribution in [0, 0.1) is 11.2 Å². The van der Waals surface area contributed by atoms with Gasteiger partial charge >= 0.3 is 0 Å². The Hall–Kier alpha value is -2.16. The first-order valence-corrected chi connectivity index (χ1v) is 6.48. The lowest BCUT2D eigenvalue weighted by atomic mass is 9.88. The molecule has 0 fully saturated rings. The summed E-state index contributed by atoms with van der Waals surface area (Å²) in [7, 11) is 0. The Morgan fingerprint density at radius 2 is 2.05 bits per heavy atom. The highest BCUT2D eigenvalue weighted by Gasteiger charge is 2.13. The first kappa shape index (κ1) is 15.9. The second kappa shape index (κ2) is 6.85. The van der Waals surface area contributed by atoms with Gasteiger partial charge in [0, 0.05) is 12.6 Å². The topological polar surface area (TPSA) is 49.9 Å². The van der Waals surface area contributed by atoms with Crippen LogP contribution in [0.3, 0.4) is 0 Å². The predicted molar refractivity (Wildman–Crippen MR) is 84.3 cm³/mol. The molecule has 0 spiro atoms. The molecule has 0 bridgehead atoms. The van der Waals surface area contributed by atoms with E-state index < -0.39 is 0 Å². The lowest BCUT2D eigenvalue weighted by molar-refractivity contribution is 0.623. The highest BCUT2D eigenvalue weighted by molar-refractivity contribution is 5.83. The summed E-state index contributed by atoms with van der Waals surface area (Å²) in [5.41, 5.74) is 9.44. The van der Waals surface area contributed by atoms with Crippen LogP contribution in [0.2, 0.25) is 0 Å². The van der Waals surface area contributed by atoms with E-state index in [4.69, 9.17) is 11.1 Å². The Kier molecular flexibility index (Phi) is 5.44. The molecule has 0 saturated heterocycles. The molecule has 0 aliphatic rings. The van der Waals surface area contributed by atoms with Gasteiger partial charge in [-0.15, -0.1) is 0 Å². The summed E-state index contributed by atoms with van der Waals surface area (Å²) in [4.78, 5) is 0. The molecule has 106 valence electrons. The number of nitrogens with one attached hydrogen (secondary N) is 1. The highest BCUT2D eigenvalue weighted by Crippen LogP contribution is 2.31. The van der Waals surface area contributed by atoms with Crippen LogP contribution < -0.4 is 5.73 Å². The molecular weight excluding hydrogens is 251 g/mol. The van der Waals surface area contributed by atoms with Gasteiger partial charge in [0.1, 0.15) is 5.82 Å². The third-order valence-corrected chi connectivity index (χ3v) is 3.20. The molecule has 2 nitrogen and oxygen atoms in total. The monoisotopic (exact) mass is 272 g/mol. The van der Waals surface area contributed by atoms with Gasteiger partial charge in [-0.25, -0.2) is 4.39 Å². The van der Waals surface area contributed by atoms with Crippen molar-refractivity contribution in [1.82, 2.24) is 0 Å². The van der Waals surface area contributed by atoms with Crippen LogP contribution in [0.15, 0.2) is 48.7 Å². The molecule has 3 N–H and O–H groups in total. The molecule has 1 rings (SSSR count). The number of halogens is 1. The maximum absolute atomic E-state index is 13.4. The lowest BCUT2D eigenvalue weighted by Gasteiger charge is -2.17. The zero-order valence-corrected chi connectivity index (χ0v) is 12.0. The maximum Gasteiger partial charge on any atom is 0.123 e. The number of benzene rings is 1. The van der Waals surface area contributed by atoms with Crippen LogP contribution in [-0.4, -0.2) is 6.21 Å². The van der Waals surface area contributed by atoms with Gasteiger partial charge in [0.05, 0.1) is 0 Å². The van der Waals surface area contributed by atoms with Crippen molar-refractivity contribution in [3.05, 3.63) is 65.6 Å². The highest BCUT2D eigenvalue weighted by atomic mass is 19.1. The SMILES string of the molecule is C=C(C/C(C=N)=C/N)C(=C)c1ccc(F)cc1C(C)C. The van der Waals surface area contributed by atoms with Crippen molar-refractivity contribution in [3.8, 4) is 0 Å². The third-order valence-electron chi connectivity index (χ3n) is 3.20. The van der Waals surface area contributed by atoms with Gasteiger partial charge < -0.3 is 11.1 Å². The fourth-order valence-electron chi connectivity index (χ4n) is 1.99. The van der Waals surface area contributed by atoms with Gasteiger partial charge in [-0.1, -0.05) is 33.1 Å². The van der Waals surface area contributed by atoms with E-state index in [1.807, 2.05) is 13.8 Å². The summed E-state index contributed by atoms with van der Waals surface area (Å²) in [6.45, 7) is 12.1. The first-order valence-electron chi connectivity index (χ1n) is 6.48. The fraction of sp³-hybridized carbons (Fsp3) is 0.235. The lowest BCUT2D eigenvalue weighted by Crippen LogP contribution is -2.00. The average molecular weight is 272 g/mol. The minimum atomic E-state index is -0.252. The number of nitrogens with two attached hydrogens (primary N) is 1. The minimum Gasteiger partial charge on any atom is -0.404 e. The largest absolute Gasteiger partial charge is 0.404 e. The van der Waals surface area contributed by atoms with E-state index in [9.17, 15) is 4.39 Å². The Morgan fingerprint density at radius 1 is 1.40 bits per heavy atom. The third kappa shape index (κ3) is 3.67. The average Bonchev–Trinajstić information content (AvgIpc) is 2.43. The molecular formula is C17H21FN2. The van der Waals surface area contributed by atoms with Gasteiger partial charge in [-0.2, -0.15) is 0 Å². The van der Waals surface area contributed by atoms with Gasteiger partial charge in [0.15, 0.2) is 0 Å². The molecule has 0 saturated carbocycles. The van der Waals surface area contributed by atoms with E-state index in [2.05, 4.69) is 13.2 Å². The zero-order valence-electron chi connectivity index (χ0n) is 12.0. The second-order valence-corrected chi connectivity index (χ2v) is 5.03. The van der Waals surface area contributed by atoms with Crippen molar-refractivity contribution in [2.24, 2.45) is 5.73 Å². The van der Waals surface area contributed by atoms with Gasteiger partial charge in [-0.05, 0) is 52.1 Å². The predicted octanol–water partition coefficient (Wildman–Crippen LogP) is 4.40. The quantitative estimate of drug-likeness (QED) is 0.585. The van der Waals surface area contributed by atoms with Crippen molar-refractivity contribution in [2.45, 2.75) is 26.2 Å². The summed E-state index contributed by atoms with van der Waals surface area (Å²) in [6.07, 6.45) is 3.06. The maximum atomic E-state index is 13.4. The van der Waals surface area contributed by atoms with E-state index in [1.54, 1.807) is 6.07 Å². The first-order chi connectivity index (χ1) is 9.40. The van der Waals surface area contributed by atoms with E-state index in [-0.39, 0.29) is 11.7 Å². The number of hydrogen-bond acceptors (Lipinski definition) is 2. The number of hydrogen-bond donors (Lipinski definition) is 2. The van der Waals surface area contributed by atoms with E-state index in [0.29, 0.717) is 12.0 Å². The Balaban J connectivity index is 3.09. The molecule has 0 unspecified atom stereocenters. The number of rotatable bonds is 6. The minimum absolute atomic E-state index is 0.192. The fourth-order valence-corrected chi connectivity index (χ4v) is 1.99. The van der Waals surface area contributed by atoms with Crippen molar-refractivity contribution in [1.29, 1.82) is 5.41 Å². The van der Waals surface area contributed by atoms with Crippen molar-refractivity contribution in [2.75, 3.05) is 0 Å². The van der Waals surface area contributed by atoms with Gasteiger partial charge in [0.25, 0.3) is 0 Å². The molecule has 0 amide bonds.